The molecule has 2 amide bonds. The lowest BCUT2D eigenvalue weighted by Gasteiger charge is -2.11. The Morgan fingerprint density at radius 1 is 0.903 bits per heavy atom. The highest BCUT2D eigenvalue weighted by atomic mass is 16.5. The Labute approximate surface area is 179 Å². The molecule has 0 fully saturated rings. The van der Waals surface area contributed by atoms with E-state index in [1.807, 2.05) is 0 Å². The van der Waals surface area contributed by atoms with Crippen LogP contribution >= 0.6 is 0 Å². The van der Waals surface area contributed by atoms with Crippen molar-refractivity contribution >= 4 is 23.2 Å². The van der Waals surface area contributed by atoms with Gasteiger partial charge in [-0.15, -0.1) is 0 Å². The highest BCUT2D eigenvalue weighted by molar-refractivity contribution is 6.04. The molecular weight excluding hydrogens is 398 g/mol. The van der Waals surface area contributed by atoms with Crippen LogP contribution in [-0.2, 0) is 11.3 Å². The monoisotopic (exact) mass is 421 g/mol. The van der Waals surface area contributed by atoms with E-state index in [1.54, 1.807) is 68.9 Å². The number of aromatic nitrogens is 1. The third-order valence-electron chi connectivity index (χ3n) is 4.49. The molecule has 0 atom stereocenters. The van der Waals surface area contributed by atoms with Crippen molar-refractivity contribution in [2.75, 3.05) is 24.9 Å². The van der Waals surface area contributed by atoms with Crippen LogP contribution in [0.15, 0.2) is 65.6 Å². The number of anilines is 2. The summed E-state index contributed by atoms with van der Waals surface area (Å²) < 4.78 is 12.0. The first-order valence-electron chi connectivity index (χ1n) is 9.50. The molecule has 2 N–H and O–H groups in total. The minimum atomic E-state index is -0.519. The normalized spacial score (nSPS) is 10.3. The molecule has 0 aliphatic carbocycles. The molecule has 0 aliphatic rings. The number of carbonyl (C=O) groups excluding carboxylic acids is 2. The molecule has 8 heteroatoms. The van der Waals surface area contributed by atoms with Crippen LogP contribution in [0.4, 0.5) is 11.4 Å². The number of carbonyl (C=O) groups is 2. The molecule has 0 saturated carbocycles. The molecule has 1 aromatic heterocycles. The van der Waals surface area contributed by atoms with E-state index < -0.39 is 11.5 Å². The number of hydrogen-bond acceptors (Lipinski definition) is 5. The number of ether oxygens (including phenoxy) is 2. The molecule has 31 heavy (non-hydrogen) atoms. The third kappa shape index (κ3) is 5.51. The predicted octanol–water partition coefficient (Wildman–Crippen LogP) is 3.12. The van der Waals surface area contributed by atoms with Crippen LogP contribution in [0.25, 0.3) is 0 Å². The number of rotatable bonds is 7. The molecule has 0 aliphatic heterocycles. The van der Waals surface area contributed by atoms with Gasteiger partial charge in [-0.3, -0.25) is 14.4 Å². The number of pyridine rings is 1. The maximum Gasteiger partial charge on any atom is 0.263 e. The van der Waals surface area contributed by atoms with E-state index in [0.717, 1.165) is 5.56 Å². The van der Waals surface area contributed by atoms with Gasteiger partial charge in [-0.2, -0.15) is 0 Å². The Balaban J connectivity index is 1.79. The van der Waals surface area contributed by atoms with Crippen molar-refractivity contribution in [1.29, 1.82) is 0 Å². The molecule has 0 bridgehead atoms. The second-order valence-electron chi connectivity index (χ2n) is 6.79. The van der Waals surface area contributed by atoms with E-state index in [-0.39, 0.29) is 18.0 Å². The summed E-state index contributed by atoms with van der Waals surface area (Å²) in [6.07, 6.45) is 1.62. The molecule has 160 valence electrons. The van der Waals surface area contributed by atoms with Crippen LogP contribution in [0.2, 0.25) is 0 Å². The minimum absolute atomic E-state index is 0.0169. The topological polar surface area (TPSA) is 98.7 Å². The lowest BCUT2D eigenvalue weighted by molar-refractivity contribution is -0.114. The standard InChI is InChI=1S/C23H23N3O5/c1-15(27)24-17-6-8-18(9-7-17)25-22(28)21-5-4-10-26(23(21)29)14-16-11-19(30-2)13-20(12-16)31-3/h4-13H,14H2,1-3H3,(H,24,27)(H,25,28). The summed E-state index contributed by atoms with van der Waals surface area (Å²) in [5.41, 5.74) is 1.51. The fourth-order valence-corrected chi connectivity index (χ4v) is 3.03. The molecule has 8 nitrogen and oxygen atoms in total. The zero-order valence-corrected chi connectivity index (χ0v) is 17.5. The number of amides is 2. The van der Waals surface area contributed by atoms with E-state index in [0.29, 0.717) is 22.9 Å². The second-order valence-corrected chi connectivity index (χ2v) is 6.79. The number of nitrogens with one attached hydrogen (secondary N) is 2. The molecule has 0 saturated heterocycles. The van der Waals surface area contributed by atoms with Crippen LogP contribution in [0.3, 0.4) is 0 Å². The highest BCUT2D eigenvalue weighted by Crippen LogP contribution is 2.23. The number of hydrogen-bond donors (Lipinski definition) is 2. The molecule has 2 aromatic carbocycles. The van der Waals surface area contributed by atoms with Crippen molar-refractivity contribution in [3.8, 4) is 11.5 Å². The molecule has 0 radical (unpaired) electrons. The van der Waals surface area contributed by atoms with Crippen molar-refractivity contribution in [2.24, 2.45) is 0 Å². The average Bonchev–Trinajstić information content (AvgIpc) is 2.75. The van der Waals surface area contributed by atoms with Crippen LogP contribution in [0.1, 0.15) is 22.8 Å². The molecule has 1 heterocycles. The minimum Gasteiger partial charge on any atom is -0.497 e. The van der Waals surface area contributed by atoms with Crippen molar-refractivity contribution in [3.05, 3.63) is 82.3 Å². The van der Waals surface area contributed by atoms with Gasteiger partial charge in [0.25, 0.3) is 11.5 Å². The highest BCUT2D eigenvalue weighted by Gasteiger charge is 2.13. The Bertz CT molecular complexity index is 1130. The number of nitrogens with zero attached hydrogens (tertiary/aromatic N) is 1. The molecule has 0 unspecified atom stereocenters. The summed E-state index contributed by atoms with van der Waals surface area (Å²) in [6.45, 7) is 1.66. The lowest BCUT2D eigenvalue weighted by atomic mass is 10.2. The van der Waals surface area contributed by atoms with Gasteiger partial charge in [-0.25, -0.2) is 0 Å². The van der Waals surface area contributed by atoms with Crippen molar-refractivity contribution < 1.29 is 19.1 Å². The van der Waals surface area contributed by atoms with Crippen LogP contribution in [0, 0.1) is 0 Å². The van der Waals surface area contributed by atoms with E-state index >= 15 is 0 Å². The summed E-state index contributed by atoms with van der Waals surface area (Å²) in [5, 5.41) is 5.35. The Morgan fingerprint density at radius 3 is 2.03 bits per heavy atom. The summed E-state index contributed by atoms with van der Waals surface area (Å²) in [6, 6.07) is 15.1. The summed E-state index contributed by atoms with van der Waals surface area (Å²) in [4.78, 5) is 36.7. The van der Waals surface area contributed by atoms with E-state index in [2.05, 4.69) is 10.6 Å². The fraction of sp³-hybridized carbons (Fsp3) is 0.174. The zero-order chi connectivity index (χ0) is 22.4. The first kappa shape index (κ1) is 21.6. The fourth-order valence-electron chi connectivity index (χ4n) is 3.03. The molecule has 0 spiro atoms. The quantitative estimate of drug-likeness (QED) is 0.611. The average molecular weight is 421 g/mol. The van der Waals surface area contributed by atoms with E-state index in [4.69, 9.17) is 9.47 Å². The first-order chi connectivity index (χ1) is 14.9. The summed E-state index contributed by atoms with van der Waals surface area (Å²) in [7, 11) is 3.11. The van der Waals surface area contributed by atoms with Gasteiger partial charge in [-0.1, -0.05) is 0 Å². The zero-order valence-electron chi connectivity index (χ0n) is 17.5. The Hall–Kier alpha value is -4.07. The van der Waals surface area contributed by atoms with Crippen molar-refractivity contribution in [3.63, 3.8) is 0 Å². The maximum atomic E-state index is 12.9. The van der Waals surface area contributed by atoms with Crippen LogP contribution in [0.5, 0.6) is 11.5 Å². The van der Waals surface area contributed by atoms with Gasteiger partial charge in [-0.05, 0) is 54.1 Å². The SMILES string of the molecule is COc1cc(Cn2cccc(C(=O)Nc3ccc(NC(C)=O)cc3)c2=O)cc(OC)c1. The van der Waals surface area contributed by atoms with Gasteiger partial charge >= 0.3 is 0 Å². The largest absolute Gasteiger partial charge is 0.497 e. The smallest absolute Gasteiger partial charge is 0.263 e. The van der Waals surface area contributed by atoms with Gasteiger partial charge in [0.1, 0.15) is 17.1 Å². The third-order valence-corrected chi connectivity index (χ3v) is 4.49. The molecule has 3 aromatic rings. The molecular formula is C23H23N3O5. The summed E-state index contributed by atoms with van der Waals surface area (Å²) >= 11 is 0. The van der Waals surface area contributed by atoms with Crippen LogP contribution < -0.4 is 25.7 Å². The predicted molar refractivity (Wildman–Crippen MR) is 118 cm³/mol. The van der Waals surface area contributed by atoms with E-state index in [9.17, 15) is 14.4 Å². The van der Waals surface area contributed by atoms with Gasteiger partial charge < -0.3 is 24.7 Å². The maximum absolute atomic E-state index is 12.9. The van der Waals surface area contributed by atoms with Gasteiger partial charge in [0, 0.05) is 30.6 Å². The Morgan fingerprint density at radius 2 is 1.48 bits per heavy atom. The summed E-state index contributed by atoms with van der Waals surface area (Å²) in [5.74, 6) is 0.517. The Kier molecular flexibility index (Phi) is 6.71. The number of benzene rings is 2. The van der Waals surface area contributed by atoms with Crippen molar-refractivity contribution in [1.82, 2.24) is 4.57 Å². The first-order valence-corrected chi connectivity index (χ1v) is 9.50. The van der Waals surface area contributed by atoms with Gasteiger partial charge in [0.15, 0.2) is 0 Å². The van der Waals surface area contributed by atoms with E-state index in [1.165, 1.54) is 17.6 Å². The number of methoxy groups -OCH3 is 2. The van der Waals surface area contributed by atoms with Crippen LogP contribution in [-0.4, -0.2) is 30.6 Å². The van der Waals surface area contributed by atoms with Gasteiger partial charge in [0.05, 0.1) is 20.8 Å². The van der Waals surface area contributed by atoms with Crippen molar-refractivity contribution in [2.45, 2.75) is 13.5 Å². The second kappa shape index (κ2) is 9.62. The molecule has 3 rings (SSSR count). The van der Waals surface area contributed by atoms with Gasteiger partial charge in [0.2, 0.25) is 5.91 Å². The lowest BCUT2D eigenvalue weighted by Crippen LogP contribution is -2.29.